The number of tetrazole rings is 1. The van der Waals surface area contributed by atoms with E-state index in [2.05, 4.69) is 32.9 Å². The average Bonchev–Trinajstić information content (AvgIpc) is 3.17. The third-order valence-corrected chi connectivity index (χ3v) is 2.97. The highest BCUT2D eigenvalue weighted by atomic mass is 15.5. The molecule has 0 unspecified atom stereocenters. The monoisotopic (exact) mass is 269 g/mol. The van der Waals surface area contributed by atoms with Crippen LogP contribution in [0.4, 0.5) is 5.69 Å². The molecule has 7 nitrogen and oxygen atoms in total. The third-order valence-electron chi connectivity index (χ3n) is 2.97. The SMILES string of the molecule is CCn1cc(CNc2cccc(-n3cnnn3)c2)cn1. The maximum Gasteiger partial charge on any atom is 0.143 e. The van der Waals surface area contributed by atoms with Crippen LogP contribution in [-0.2, 0) is 13.1 Å². The van der Waals surface area contributed by atoms with E-state index in [-0.39, 0.29) is 0 Å². The van der Waals surface area contributed by atoms with Gasteiger partial charge >= 0.3 is 0 Å². The van der Waals surface area contributed by atoms with E-state index in [0.29, 0.717) is 0 Å². The predicted molar refractivity (Wildman–Crippen MR) is 74.4 cm³/mol. The molecule has 3 aromatic rings. The summed E-state index contributed by atoms with van der Waals surface area (Å²) in [5.74, 6) is 0. The van der Waals surface area contributed by atoms with Crippen molar-refractivity contribution in [3.8, 4) is 5.69 Å². The van der Waals surface area contributed by atoms with Gasteiger partial charge in [-0.1, -0.05) is 6.07 Å². The van der Waals surface area contributed by atoms with Gasteiger partial charge < -0.3 is 5.32 Å². The quantitative estimate of drug-likeness (QED) is 0.759. The van der Waals surface area contributed by atoms with Gasteiger partial charge in [-0.2, -0.15) is 5.10 Å². The minimum atomic E-state index is 0.735. The van der Waals surface area contributed by atoms with Gasteiger partial charge in [-0.05, 0) is 35.5 Å². The van der Waals surface area contributed by atoms with Crippen LogP contribution in [0.1, 0.15) is 12.5 Å². The van der Waals surface area contributed by atoms with E-state index in [4.69, 9.17) is 0 Å². The van der Waals surface area contributed by atoms with Crippen molar-refractivity contribution in [2.75, 3.05) is 5.32 Å². The van der Waals surface area contributed by atoms with Crippen LogP contribution < -0.4 is 5.32 Å². The van der Waals surface area contributed by atoms with E-state index in [0.717, 1.165) is 30.0 Å². The van der Waals surface area contributed by atoms with Gasteiger partial charge in [-0.15, -0.1) is 5.10 Å². The first kappa shape index (κ1) is 12.3. The minimum Gasteiger partial charge on any atom is -0.381 e. The Labute approximate surface area is 116 Å². The van der Waals surface area contributed by atoms with E-state index in [9.17, 15) is 0 Å². The lowest BCUT2D eigenvalue weighted by molar-refractivity contribution is 0.659. The molecule has 0 bridgehead atoms. The lowest BCUT2D eigenvalue weighted by Crippen LogP contribution is -2.01. The summed E-state index contributed by atoms with van der Waals surface area (Å²) < 4.78 is 3.54. The van der Waals surface area contributed by atoms with Crippen LogP contribution in [0.25, 0.3) is 5.69 Å². The molecule has 0 saturated carbocycles. The summed E-state index contributed by atoms with van der Waals surface area (Å²) in [6, 6.07) is 7.93. The molecular weight excluding hydrogens is 254 g/mol. The number of aromatic nitrogens is 6. The molecule has 0 spiro atoms. The smallest absolute Gasteiger partial charge is 0.143 e. The number of benzene rings is 1. The topological polar surface area (TPSA) is 73.5 Å². The van der Waals surface area contributed by atoms with Crippen LogP contribution in [0.2, 0.25) is 0 Å². The normalized spacial score (nSPS) is 10.7. The van der Waals surface area contributed by atoms with E-state index < -0.39 is 0 Å². The molecule has 0 aliphatic rings. The zero-order valence-corrected chi connectivity index (χ0v) is 11.1. The van der Waals surface area contributed by atoms with Crippen LogP contribution in [0, 0.1) is 0 Å². The van der Waals surface area contributed by atoms with Crippen molar-refractivity contribution in [2.45, 2.75) is 20.0 Å². The van der Waals surface area contributed by atoms with E-state index >= 15 is 0 Å². The van der Waals surface area contributed by atoms with Crippen molar-refractivity contribution in [3.63, 3.8) is 0 Å². The fraction of sp³-hybridized carbons (Fsp3) is 0.231. The highest BCUT2D eigenvalue weighted by molar-refractivity contribution is 5.50. The van der Waals surface area contributed by atoms with Crippen molar-refractivity contribution < 1.29 is 0 Å². The van der Waals surface area contributed by atoms with E-state index in [1.54, 1.807) is 11.0 Å². The molecule has 0 fully saturated rings. The molecule has 0 atom stereocenters. The van der Waals surface area contributed by atoms with Crippen LogP contribution in [0.3, 0.4) is 0 Å². The second-order valence-corrected chi connectivity index (χ2v) is 4.36. The van der Waals surface area contributed by atoms with Crippen LogP contribution >= 0.6 is 0 Å². The Morgan fingerprint density at radius 2 is 2.25 bits per heavy atom. The Morgan fingerprint density at radius 1 is 1.30 bits per heavy atom. The van der Waals surface area contributed by atoms with Crippen molar-refractivity contribution >= 4 is 5.69 Å². The Morgan fingerprint density at radius 3 is 3.00 bits per heavy atom. The molecule has 1 N–H and O–H groups in total. The molecule has 7 heteroatoms. The molecule has 2 heterocycles. The number of hydrogen-bond acceptors (Lipinski definition) is 5. The van der Waals surface area contributed by atoms with E-state index in [1.165, 1.54) is 0 Å². The standard InChI is InChI=1S/C13H15N7/c1-2-19-9-11(8-16-19)7-14-12-4-3-5-13(6-12)20-10-15-17-18-20/h3-6,8-10,14H,2,7H2,1H3. The van der Waals surface area contributed by atoms with Gasteiger partial charge in [0.2, 0.25) is 0 Å². The summed E-state index contributed by atoms with van der Waals surface area (Å²) in [5.41, 5.74) is 3.09. The third kappa shape index (κ3) is 2.66. The van der Waals surface area contributed by atoms with Gasteiger partial charge in [0.1, 0.15) is 6.33 Å². The first-order valence-corrected chi connectivity index (χ1v) is 6.44. The number of nitrogens with one attached hydrogen (secondary N) is 1. The highest BCUT2D eigenvalue weighted by Gasteiger charge is 2.01. The Bertz CT molecular complexity index is 672. The lowest BCUT2D eigenvalue weighted by Gasteiger charge is -2.06. The maximum atomic E-state index is 4.25. The fourth-order valence-electron chi connectivity index (χ4n) is 1.91. The number of anilines is 1. The zero-order chi connectivity index (χ0) is 13.8. The number of rotatable bonds is 5. The molecular formula is C13H15N7. The molecule has 2 aromatic heterocycles. The number of nitrogens with zero attached hydrogens (tertiary/aromatic N) is 6. The minimum absolute atomic E-state index is 0.735. The van der Waals surface area contributed by atoms with Gasteiger partial charge in [-0.3, -0.25) is 4.68 Å². The molecule has 0 aliphatic heterocycles. The highest BCUT2D eigenvalue weighted by Crippen LogP contribution is 2.14. The van der Waals surface area contributed by atoms with Gasteiger partial charge in [0.25, 0.3) is 0 Å². The molecule has 102 valence electrons. The summed E-state index contributed by atoms with van der Waals surface area (Å²) in [6.45, 7) is 3.69. The van der Waals surface area contributed by atoms with Gasteiger partial charge in [-0.25, -0.2) is 4.68 Å². The molecule has 1 aromatic carbocycles. The summed E-state index contributed by atoms with van der Waals surface area (Å²) >= 11 is 0. The Kier molecular flexibility index (Phi) is 3.40. The first-order valence-electron chi connectivity index (χ1n) is 6.44. The zero-order valence-electron chi connectivity index (χ0n) is 11.1. The largest absolute Gasteiger partial charge is 0.381 e. The summed E-state index contributed by atoms with van der Waals surface area (Å²) in [5, 5.41) is 18.8. The van der Waals surface area contributed by atoms with Gasteiger partial charge in [0.05, 0.1) is 11.9 Å². The summed E-state index contributed by atoms with van der Waals surface area (Å²) in [7, 11) is 0. The summed E-state index contributed by atoms with van der Waals surface area (Å²) in [4.78, 5) is 0. The van der Waals surface area contributed by atoms with Crippen LogP contribution in [0.5, 0.6) is 0 Å². The Hall–Kier alpha value is -2.70. The molecule has 0 saturated heterocycles. The molecule has 0 amide bonds. The van der Waals surface area contributed by atoms with Crippen LogP contribution in [-0.4, -0.2) is 30.0 Å². The molecule has 20 heavy (non-hydrogen) atoms. The number of hydrogen-bond donors (Lipinski definition) is 1. The van der Waals surface area contributed by atoms with Crippen molar-refractivity contribution in [1.29, 1.82) is 0 Å². The van der Waals surface area contributed by atoms with E-state index in [1.807, 2.05) is 41.3 Å². The fourth-order valence-corrected chi connectivity index (χ4v) is 1.91. The lowest BCUT2D eigenvalue weighted by atomic mass is 10.2. The molecule has 0 radical (unpaired) electrons. The average molecular weight is 269 g/mol. The van der Waals surface area contributed by atoms with Crippen molar-refractivity contribution in [3.05, 3.63) is 48.5 Å². The number of aryl methyl sites for hydroxylation is 1. The predicted octanol–water partition coefficient (Wildman–Crippen LogP) is 1.49. The Balaban J connectivity index is 1.70. The first-order chi connectivity index (χ1) is 9.85. The van der Waals surface area contributed by atoms with Gasteiger partial charge in [0.15, 0.2) is 0 Å². The van der Waals surface area contributed by atoms with Gasteiger partial charge in [0, 0.05) is 30.5 Å². The second kappa shape index (κ2) is 5.52. The maximum absolute atomic E-state index is 4.25. The molecule has 3 rings (SSSR count). The van der Waals surface area contributed by atoms with Crippen molar-refractivity contribution in [1.82, 2.24) is 30.0 Å². The van der Waals surface area contributed by atoms with Crippen LogP contribution in [0.15, 0.2) is 43.0 Å². The second-order valence-electron chi connectivity index (χ2n) is 4.36. The molecule has 0 aliphatic carbocycles. The van der Waals surface area contributed by atoms with Crippen molar-refractivity contribution in [2.24, 2.45) is 0 Å². The summed E-state index contributed by atoms with van der Waals surface area (Å²) in [6.07, 6.45) is 5.49.